The largest absolute Gasteiger partial charge is 0.478 e. The highest BCUT2D eigenvalue weighted by atomic mass is 32.2. The zero-order valence-corrected chi connectivity index (χ0v) is 16.4. The molecule has 0 aromatic carbocycles. The van der Waals surface area contributed by atoms with Crippen molar-refractivity contribution in [3.63, 3.8) is 0 Å². The van der Waals surface area contributed by atoms with E-state index in [0.29, 0.717) is 25.7 Å². The number of likely N-dealkylation sites (tertiary alicyclic amines) is 1. The molecule has 1 unspecified atom stereocenters. The minimum Gasteiger partial charge on any atom is -0.478 e. The first kappa shape index (κ1) is 21.7. The van der Waals surface area contributed by atoms with Gasteiger partial charge in [-0.1, -0.05) is 20.3 Å². The highest BCUT2D eigenvalue weighted by Crippen LogP contribution is 2.35. The van der Waals surface area contributed by atoms with Gasteiger partial charge in [-0.3, -0.25) is 4.90 Å². The van der Waals surface area contributed by atoms with Crippen LogP contribution in [0.5, 0.6) is 0 Å². The second kappa shape index (κ2) is 7.90. The molecule has 0 aliphatic carbocycles. The van der Waals surface area contributed by atoms with Crippen molar-refractivity contribution in [1.29, 1.82) is 0 Å². The maximum absolute atomic E-state index is 12.6. The summed E-state index contributed by atoms with van der Waals surface area (Å²) in [5.74, 6) is -1.51. The first-order chi connectivity index (χ1) is 11.4. The van der Waals surface area contributed by atoms with Crippen LogP contribution < -0.4 is 0 Å². The lowest BCUT2D eigenvalue weighted by molar-refractivity contribution is -0.168. The molecule has 0 radical (unpaired) electrons. The third-order valence-corrected chi connectivity index (χ3v) is 5.90. The van der Waals surface area contributed by atoms with E-state index in [2.05, 4.69) is 0 Å². The second-order valence-corrected chi connectivity index (χ2v) is 9.04. The molecule has 1 fully saturated rings. The minimum atomic E-state index is -4.16. The van der Waals surface area contributed by atoms with Gasteiger partial charge in [-0.15, -0.1) is 0 Å². The highest BCUT2D eigenvalue weighted by molar-refractivity contribution is 7.87. The Morgan fingerprint density at radius 1 is 1.28 bits per heavy atom. The molecular formula is C16H29NO7S. The Hall–Kier alpha value is -1.35. The fourth-order valence-corrected chi connectivity index (χ4v) is 4.53. The van der Waals surface area contributed by atoms with Gasteiger partial charge in [0, 0.05) is 13.0 Å². The van der Waals surface area contributed by atoms with Gasteiger partial charge in [0.15, 0.2) is 0 Å². The number of nitrogens with zero attached hydrogens (tertiary/aromatic N) is 1. The SMILES string of the molecule is CCCC(CC)S(=O)(=O)O[C@]1(C(=O)O)CCCN1C(=O)OC(C)(C)C. The van der Waals surface area contributed by atoms with Gasteiger partial charge in [-0.05, 0) is 40.0 Å². The molecule has 0 aromatic heterocycles. The number of aliphatic carboxylic acids is 1. The van der Waals surface area contributed by atoms with Gasteiger partial charge in [0.1, 0.15) is 5.60 Å². The van der Waals surface area contributed by atoms with Gasteiger partial charge in [-0.2, -0.15) is 8.42 Å². The molecule has 0 aromatic rings. The number of hydrogen-bond donors (Lipinski definition) is 1. The lowest BCUT2D eigenvalue weighted by Crippen LogP contribution is -2.57. The normalized spacial score (nSPS) is 22.7. The average Bonchev–Trinajstić information content (AvgIpc) is 2.87. The van der Waals surface area contributed by atoms with Crippen LogP contribution in [-0.4, -0.2) is 53.6 Å². The maximum atomic E-state index is 12.6. The standard InChI is InChI=1S/C16H29NO7S/c1-6-9-12(7-2)25(21,22)24-16(13(18)19)10-8-11-17(16)14(20)23-15(3,4)5/h12H,6-11H2,1-5H3,(H,18,19)/t12?,16-/m0/s1. The Morgan fingerprint density at radius 2 is 1.88 bits per heavy atom. The van der Waals surface area contributed by atoms with Crippen LogP contribution in [0.15, 0.2) is 0 Å². The molecule has 0 bridgehead atoms. The van der Waals surface area contributed by atoms with Crippen molar-refractivity contribution in [2.45, 2.75) is 83.3 Å². The summed E-state index contributed by atoms with van der Waals surface area (Å²) in [4.78, 5) is 25.2. The van der Waals surface area contributed by atoms with E-state index in [4.69, 9.17) is 8.92 Å². The molecule has 1 aliphatic heterocycles. The van der Waals surface area contributed by atoms with Crippen molar-refractivity contribution < 1.29 is 32.0 Å². The predicted octanol–water partition coefficient (Wildman–Crippen LogP) is 2.72. The van der Waals surface area contributed by atoms with Crippen molar-refractivity contribution in [3.8, 4) is 0 Å². The van der Waals surface area contributed by atoms with Gasteiger partial charge in [0.05, 0.1) is 5.25 Å². The zero-order valence-electron chi connectivity index (χ0n) is 15.6. The lowest BCUT2D eigenvalue weighted by Gasteiger charge is -2.35. The number of carbonyl (C=O) groups excluding carboxylic acids is 1. The number of carboxylic acids is 1. The third kappa shape index (κ3) is 5.07. The maximum Gasteiger partial charge on any atom is 0.413 e. The average molecular weight is 379 g/mol. The summed E-state index contributed by atoms with van der Waals surface area (Å²) in [7, 11) is -4.16. The van der Waals surface area contributed by atoms with Crippen LogP contribution in [0.1, 0.15) is 66.7 Å². The summed E-state index contributed by atoms with van der Waals surface area (Å²) in [5, 5.41) is 8.88. The molecule has 25 heavy (non-hydrogen) atoms. The van der Waals surface area contributed by atoms with Crippen LogP contribution in [0, 0.1) is 0 Å². The van der Waals surface area contributed by atoms with Gasteiger partial charge in [-0.25, -0.2) is 13.8 Å². The van der Waals surface area contributed by atoms with E-state index in [1.54, 1.807) is 27.7 Å². The zero-order chi connectivity index (χ0) is 19.5. The summed E-state index contributed by atoms with van der Waals surface area (Å²) in [6, 6.07) is 0. The second-order valence-electron chi connectivity index (χ2n) is 7.22. The Labute approximate surface area is 149 Å². The van der Waals surface area contributed by atoms with Crippen LogP contribution in [-0.2, 0) is 23.8 Å². The number of rotatable bonds is 7. The Bertz CT molecular complexity index is 596. The predicted molar refractivity (Wildman–Crippen MR) is 91.5 cm³/mol. The highest BCUT2D eigenvalue weighted by Gasteiger charge is 2.56. The smallest absolute Gasteiger partial charge is 0.413 e. The summed E-state index contributed by atoms with van der Waals surface area (Å²) >= 11 is 0. The van der Waals surface area contributed by atoms with E-state index in [1.807, 2.05) is 6.92 Å². The molecule has 1 amide bonds. The molecule has 8 nitrogen and oxygen atoms in total. The van der Waals surface area contributed by atoms with Crippen LogP contribution in [0.3, 0.4) is 0 Å². The van der Waals surface area contributed by atoms with Crippen LogP contribution in [0.25, 0.3) is 0 Å². The summed E-state index contributed by atoms with van der Waals surface area (Å²) in [6.45, 7) is 8.55. The van der Waals surface area contributed by atoms with Gasteiger partial charge in [0.2, 0.25) is 0 Å². The van der Waals surface area contributed by atoms with E-state index in [9.17, 15) is 23.1 Å². The monoisotopic (exact) mass is 379 g/mol. The molecule has 2 atom stereocenters. The fourth-order valence-electron chi connectivity index (χ4n) is 2.83. The molecule has 0 spiro atoms. The molecule has 1 saturated heterocycles. The molecule has 1 aliphatic rings. The summed E-state index contributed by atoms with van der Waals surface area (Å²) in [5.41, 5.74) is -3.08. The van der Waals surface area contributed by atoms with Crippen molar-refractivity contribution >= 4 is 22.2 Å². The van der Waals surface area contributed by atoms with E-state index in [-0.39, 0.29) is 13.0 Å². The number of carbonyl (C=O) groups is 2. The van der Waals surface area contributed by atoms with Gasteiger partial charge < -0.3 is 9.84 Å². The quantitative estimate of drug-likeness (QED) is 0.677. The number of amides is 1. The first-order valence-corrected chi connectivity index (χ1v) is 10.0. The van der Waals surface area contributed by atoms with Gasteiger partial charge in [0.25, 0.3) is 15.8 Å². The fraction of sp³-hybridized carbons (Fsp3) is 0.875. The van der Waals surface area contributed by atoms with Crippen LogP contribution in [0.4, 0.5) is 4.79 Å². The number of hydrogen-bond acceptors (Lipinski definition) is 6. The number of carboxylic acid groups (broad SMARTS) is 1. The van der Waals surface area contributed by atoms with Crippen molar-refractivity contribution in [2.75, 3.05) is 6.54 Å². The molecule has 9 heteroatoms. The summed E-state index contributed by atoms with van der Waals surface area (Å²) < 4.78 is 35.6. The molecule has 146 valence electrons. The van der Waals surface area contributed by atoms with Crippen LogP contribution >= 0.6 is 0 Å². The van der Waals surface area contributed by atoms with Crippen molar-refractivity contribution in [3.05, 3.63) is 0 Å². The van der Waals surface area contributed by atoms with E-state index >= 15 is 0 Å². The summed E-state index contributed by atoms with van der Waals surface area (Å²) in [6.07, 6.45) is 0.594. The van der Waals surface area contributed by atoms with Crippen molar-refractivity contribution in [1.82, 2.24) is 4.90 Å². The Kier molecular flexibility index (Phi) is 6.86. The third-order valence-electron chi connectivity index (χ3n) is 4.01. The number of ether oxygens (including phenoxy) is 1. The van der Waals surface area contributed by atoms with Crippen molar-refractivity contribution in [2.24, 2.45) is 0 Å². The lowest BCUT2D eigenvalue weighted by atomic mass is 10.1. The topological polar surface area (TPSA) is 110 Å². The Morgan fingerprint density at radius 3 is 2.32 bits per heavy atom. The Balaban J connectivity index is 3.18. The molecule has 1 rings (SSSR count). The molecular weight excluding hydrogens is 350 g/mol. The molecule has 0 saturated carbocycles. The van der Waals surface area contributed by atoms with Crippen LogP contribution in [0.2, 0.25) is 0 Å². The van der Waals surface area contributed by atoms with E-state index in [1.165, 1.54) is 0 Å². The molecule has 1 heterocycles. The molecule has 1 N–H and O–H groups in total. The minimum absolute atomic E-state index is 0.0568. The first-order valence-electron chi connectivity index (χ1n) is 8.58. The van der Waals surface area contributed by atoms with Gasteiger partial charge >= 0.3 is 12.1 Å². The van der Waals surface area contributed by atoms with E-state index < -0.39 is 38.8 Å². The van der Waals surface area contributed by atoms with E-state index in [0.717, 1.165) is 4.90 Å².